The Morgan fingerprint density at radius 1 is 0.923 bits per heavy atom. The molecule has 1 aliphatic heterocycles. The summed E-state index contributed by atoms with van der Waals surface area (Å²) in [4.78, 5) is 4.73. The second kappa shape index (κ2) is 9.72. The van der Waals surface area contributed by atoms with Gasteiger partial charge in [0.1, 0.15) is 0 Å². The van der Waals surface area contributed by atoms with Gasteiger partial charge in [-0.2, -0.15) is 0 Å². The lowest BCUT2D eigenvalue weighted by Crippen LogP contribution is -2.49. The van der Waals surface area contributed by atoms with E-state index >= 15 is 0 Å². The maximum Gasteiger partial charge on any atom is 0.0900 e. The third-order valence-electron chi connectivity index (χ3n) is 4.99. The molecule has 1 N–H and O–H groups in total. The van der Waals surface area contributed by atoms with Crippen LogP contribution in [-0.2, 0) is 4.74 Å². The minimum atomic E-state index is -0.448. The van der Waals surface area contributed by atoms with Gasteiger partial charge in [-0.3, -0.25) is 4.90 Å². The number of rotatable bonds is 8. The average molecular weight is 354 g/mol. The van der Waals surface area contributed by atoms with E-state index in [1.807, 2.05) is 18.2 Å². The van der Waals surface area contributed by atoms with Crippen LogP contribution in [0.3, 0.4) is 0 Å². The van der Waals surface area contributed by atoms with Gasteiger partial charge in [-0.25, -0.2) is 0 Å². The molecule has 3 rings (SSSR count). The summed E-state index contributed by atoms with van der Waals surface area (Å²) in [6, 6.07) is 20.8. The third kappa shape index (κ3) is 5.31. The minimum absolute atomic E-state index is 0.0563. The number of benzene rings is 2. The highest BCUT2D eigenvalue weighted by Crippen LogP contribution is 2.21. The molecule has 0 aromatic heterocycles. The molecule has 2 atom stereocenters. The van der Waals surface area contributed by atoms with E-state index in [-0.39, 0.29) is 6.10 Å². The van der Waals surface area contributed by atoms with Crippen LogP contribution in [0.2, 0.25) is 0 Å². The highest BCUT2D eigenvalue weighted by atomic mass is 16.5. The number of aliphatic hydroxyl groups excluding tert-OH is 1. The van der Waals surface area contributed by atoms with Gasteiger partial charge >= 0.3 is 0 Å². The molecule has 0 aliphatic carbocycles. The summed E-state index contributed by atoms with van der Waals surface area (Å²) < 4.78 is 5.98. The molecule has 4 nitrogen and oxygen atoms in total. The number of anilines is 1. The number of ether oxygens (including phenoxy) is 1. The largest absolute Gasteiger partial charge is 0.389 e. The van der Waals surface area contributed by atoms with Crippen molar-refractivity contribution in [3.05, 3.63) is 66.2 Å². The van der Waals surface area contributed by atoms with Crippen LogP contribution in [0.25, 0.3) is 0 Å². The second-order valence-electron chi connectivity index (χ2n) is 6.92. The molecule has 140 valence electrons. The van der Waals surface area contributed by atoms with Crippen LogP contribution >= 0.6 is 0 Å². The van der Waals surface area contributed by atoms with E-state index in [1.54, 1.807) is 0 Å². The average Bonchev–Trinajstić information content (AvgIpc) is 2.70. The monoisotopic (exact) mass is 354 g/mol. The van der Waals surface area contributed by atoms with E-state index in [1.165, 1.54) is 11.3 Å². The molecule has 0 spiro atoms. The number of nitrogens with zero attached hydrogens (tertiary/aromatic N) is 2. The molecule has 0 bridgehead atoms. The van der Waals surface area contributed by atoms with Crippen LogP contribution in [0, 0.1) is 0 Å². The van der Waals surface area contributed by atoms with Gasteiger partial charge in [-0.15, -0.1) is 0 Å². The first-order chi connectivity index (χ1) is 12.8. The van der Waals surface area contributed by atoms with Crippen LogP contribution < -0.4 is 4.90 Å². The maximum absolute atomic E-state index is 10.4. The highest BCUT2D eigenvalue weighted by Gasteiger charge is 2.20. The predicted molar refractivity (Wildman–Crippen MR) is 107 cm³/mol. The molecule has 0 unspecified atom stereocenters. The Labute approximate surface area is 157 Å². The van der Waals surface area contributed by atoms with E-state index in [0.717, 1.165) is 32.6 Å². The van der Waals surface area contributed by atoms with Gasteiger partial charge in [0.05, 0.1) is 18.8 Å². The van der Waals surface area contributed by atoms with Gasteiger partial charge in [-0.1, -0.05) is 55.5 Å². The first kappa shape index (κ1) is 18.9. The topological polar surface area (TPSA) is 35.9 Å². The van der Waals surface area contributed by atoms with Gasteiger partial charge in [0.25, 0.3) is 0 Å². The Balaban J connectivity index is 1.41. The molecule has 2 aromatic carbocycles. The maximum atomic E-state index is 10.4. The Morgan fingerprint density at radius 2 is 1.54 bits per heavy atom. The fraction of sp³-hybridized carbons (Fsp3) is 0.455. The molecular weight excluding hydrogens is 324 g/mol. The van der Waals surface area contributed by atoms with Gasteiger partial charge in [-0.05, 0) is 24.1 Å². The lowest BCUT2D eigenvalue weighted by Gasteiger charge is -2.37. The van der Waals surface area contributed by atoms with Gasteiger partial charge in [0, 0.05) is 38.4 Å². The molecule has 0 radical (unpaired) electrons. The van der Waals surface area contributed by atoms with Crippen molar-refractivity contribution in [3.8, 4) is 0 Å². The standard InChI is InChI=1S/C22H30N2O2/c1-2-22(19-9-5-3-6-10-19)26-18-21(25)17-23-13-15-24(16-14-23)20-11-7-4-8-12-20/h3-12,21-22,25H,2,13-18H2,1H3/t21-,22-/m0/s1. The summed E-state index contributed by atoms with van der Waals surface area (Å²) in [7, 11) is 0. The molecule has 1 aliphatic rings. The molecule has 4 heteroatoms. The van der Waals surface area contributed by atoms with Crippen LogP contribution in [0.5, 0.6) is 0 Å². The Morgan fingerprint density at radius 3 is 2.15 bits per heavy atom. The van der Waals surface area contributed by atoms with Crippen molar-refractivity contribution < 1.29 is 9.84 Å². The molecule has 1 heterocycles. The fourth-order valence-electron chi connectivity index (χ4n) is 3.52. The summed E-state index contributed by atoms with van der Waals surface area (Å²) in [5, 5.41) is 10.4. The molecule has 1 saturated heterocycles. The first-order valence-corrected chi connectivity index (χ1v) is 9.63. The van der Waals surface area contributed by atoms with E-state index < -0.39 is 6.10 Å². The number of β-amino-alcohol motifs (C(OH)–C–C–N with tert-alkyl or cyclic N) is 1. The Hall–Kier alpha value is -1.88. The number of piperazine rings is 1. The van der Waals surface area contributed by atoms with Crippen molar-refractivity contribution in [2.45, 2.75) is 25.6 Å². The second-order valence-corrected chi connectivity index (χ2v) is 6.92. The Kier molecular flexibility index (Phi) is 7.06. The van der Waals surface area contributed by atoms with Crippen LogP contribution in [0.1, 0.15) is 25.0 Å². The highest BCUT2D eigenvalue weighted by molar-refractivity contribution is 5.46. The van der Waals surface area contributed by atoms with E-state index in [4.69, 9.17) is 4.74 Å². The zero-order valence-electron chi connectivity index (χ0n) is 15.6. The summed E-state index contributed by atoms with van der Waals surface area (Å²) in [5.41, 5.74) is 2.46. The summed E-state index contributed by atoms with van der Waals surface area (Å²) >= 11 is 0. The van der Waals surface area contributed by atoms with Crippen molar-refractivity contribution in [2.75, 3.05) is 44.2 Å². The van der Waals surface area contributed by atoms with Crippen molar-refractivity contribution in [1.82, 2.24) is 4.90 Å². The van der Waals surface area contributed by atoms with E-state index in [2.05, 4.69) is 59.2 Å². The van der Waals surface area contributed by atoms with Crippen LogP contribution in [0.15, 0.2) is 60.7 Å². The normalized spacial score (nSPS) is 17.8. The van der Waals surface area contributed by atoms with E-state index in [9.17, 15) is 5.11 Å². The lowest BCUT2D eigenvalue weighted by atomic mass is 10.1. The number of hydrogen-bond acceptors (Lipinski definition) is 4. The number of para-hydroxylation sites is 1. The zero-order chi connectivity index (χ0) is 18.2. The third-order valence-corrected chi connectivity index (χ3v) is 4.99. The minimum Gasteiger partial charge on any atom is -0.389 e. The Bertz CT molecular complexity index is 627. The van der Waals surface area contributed by atoms with Gasteiger partial charge < -0.3 is 14.7 Å². The van der Waals surface area contributed by atoms with E-state index in [0.29, 0.717) is 13.2 Å². The molecule has 0 amide bonds. The SMILES string of the molecule is CC[C@H](OC[C@@H](O)CN1CCN(c2ccccc2)CC1)c1ccccc1. The smallest absolute Gasteiger partial charge is 0.0900 e. The molecular formula is C22H30N2O2. The van der Waals surface area contributed by atoms with Crippen molar-refractivity contribution in [2.24, 2.45) is 0 Å². The molecule has 0 saturated carbocycles. The zero-order valence-corrected chi connectivity index (χ0v) is 15.6. The summed E-state index contributed by atoms with van der Waals surface area (Å²) in [6.45, 7) is 7.12. The molecule has 26 heavy (non-hydrogen) atoms. The van der Waals surface area contributed by atoms with Crippen molar-refractivity contribution >= 4 is 5.69 Å². The van der Waals surface area contributed by atoms with Gasteiger partial charge in [0.2, 0.25) is 0 Å². The summed E-state index contributed by atoms with van der Waals surface area (Å²) in [6.07, 6.45) is 0.517. The molecule has 2 aromatic rings. The van der Waals surface area contributed by atoms with Gasteiger partial charge in [0.15, 0.2) is 0 Å². The van der Waals surface area contributed by atoms with Crippen molar-refractivity contribution in [3.63, 3.8) is 0 Å². The quantitative estimate of drug-likeness (QED) is 0.789. The molecule has 1 fully saturated rings. The first-order valence-electron chi connectivity index (χ1n) is 9.63. The number of hydrogen-bond donors (Lipinski definition) is 1. The fourth-order valence-corrected chi connectivity index (χ4v) is 3.52. The predicted octanol–water partition coefficient (Wildman–Crippen LogP) is 3.34. The lowest BCUT2D eigenvalue weighted by molar-refractivity contribution is -0.0240. The van der Waals surface area contributed by atoms with Crippen molar-refractivity contribution in [1.29, 1.82) is 0 Å². The summed E-state index contributed by atoms with van der Waals surface area (Å²) in [5.74, 6) is 0. The van der Waals surface area contributed by atoms with Crippen LogP contribution in [0.4, 0.5) is 5.69 Å². The number of aliphatic hydroxyl groups is 1. The van der Waals surface area contributed by atoms with Crippen LogP contribution in [-0.4, -0.2) is 55.4 Å².